The summed E-state index contributed by atoms with van der Waals surface area (Å²) >= 11 is 0.774. The van der Waals surface area contributed by atoms with E-state index in [4.69, 9.17) is 4.74 Å². The predicted octanol–water partition coefficient (Wildman–Crippen LogP) is 6.51. The predicted molar refractivity (Wildman–Crippen MR) is 180 cm³/mol. The van der Waals surface area contributed by atoms with Gasteiger partial charge in [-0.3, -0.25) is 9.89 Å². The second kappa shape index (κ2) is 14.7. The number of aryl methyl sites for hydroxylation is 1. The minimum Gasteiger partial charge on any atom is -0.490 e. The van der Waals surface area contributed by atoms with Crippen molar-refractivity contribution in [2.45, 2.75) is 59.7 Å². The minimum absolute atomic E-state index is 0.0252. The highest BCUT2D eigenvalue weighted by Crippen LogP contribution is 2.42. The minimum atomic E-state index is -4.83. The Morgan fingerprint density at radius 2 is 1.69 bits per heavy atom. The smallest absolute Gasteiger partial charge is 0.222 e. The summed E-state index contributed by atoms with van der Waals surface area (Å²) in [6.07, 6.45) is 1.82. The van der Waals surface area contributed by atoms with Crippen LogP contribution < -0.4 is 15.0 Å². The summed E-state index contributed by atoms with van der Waals surface area (Å²) in [5, 5.41) is 10.2. The van der Waals surface area contributed by atoms with Crippen LogP contribution in [-0.2, 0) is 19.4 Å². The highest BCUT2D eigenvalue weighted by Gasteiger charge is 2.44. The lowest BCUT2D eigenvalue weighted by Crippen LogP contribution is -2.36. The number of H-pyrrole nitrogens is 1. The molecule has 0 unspecified atom stereocenters. The number of carbonyl (C=O) groups is 1. The molecule has 2 aromatic heterocycles. The van der Waals surface area contributed by atoms with Crippen LogP contribution in [0.4, 0.5) is 39.4 Å². The summed E-state index contributed by atoms with van der Waals surface area (Å²) in [4.78, 5) is 24.3. The van der Waals surface area contributed by atoms with Crippen LogP contribution in [0.5, 0.6) is 5.75 Å². The van der Waals surface area contributed by atoms with Crippen LogP contribution in [0.1, 0.15) is 44.4 Å². The van der Waals surface area contributed by atoms with E-state index >= 15 is 4.39 Å². The molecule has 0 spiro atoms. The van der Waals surface area contributed by atoms with Crippen molar-refractivity contribution in [2.24, 2.45) is 5.92 Å². The third kappa shape index (κ3) is 7.61. The molecular formula is C33H36F5N7O4S2. The third-order valence-electron chi connectivity index (χ3n) is 8.66. The number of amides is 1. The molecule has 4 aromatic rings. The number of rotatable bonds is 11. The summed E-state index contributed by atoms with van der Waals surface area (Å²) in [6.45, 7) is 4.63. The number of halogens is 5. The van der Waals surface area contributed by atoms with E-state index in [0.29, 0.717) is 55.8 Å². The highest BCUT2D eigenvalue weighted by molar-refractivity contribution is 7.99. The fourth-order valence-corrected chi connectivity index (χ4v) is 7.99. The Morgan fingerprint density at radius 3 is 2.24 bits per heavy atom. The molecular weight excluding hydrogens is 718 g/mol. The lowest BCUT2D eigenvalue weighted by molar-refractivity contribution is -0.129. The van der Waals surface area contributed by atoms with Gasteiger partial charge in [-0.05, 0) is 69.5 Å². The number of carbonyl (C=O) groups excluding carboxylic acids is 1. The summed E-state index contributed by atoms with van der Waals surface area (Å²) < 4.78 is 103. The molecule has 0 atom stereocenters. The van der Waals surface area contributed by atoms with Crippen LogP contribution >= 0.6 is 11.8 Å². The molecule has 0 radical (unpaired) electrons. The number of nitrogens with zero attached hydrogens (tertiary/aromatic N) is 5. The number of nitrogens with one attached hydrogen (secondary N) is 2. The van der Waals surface area contributed by atoms with Crippen LogP contribution in [0.3, 0.4) is 0 Å². The number of piperidine rings is 1. The first-order valence-electron chi connectivity index (χ1n) is 15.7. The van der Waals surface area contributed by atoms with E-state index < -0.39 is 54.1 Å². The van der Waals surface area contributed by atoms with E-state index in [1.807, 2.05) is 11.8 Å². The SMILES string of the molecule is COc1c(Nc2cc(C)[nH]n2)nc(Sc2ccc(S(=O)(=O)C(C)(C)c3c(F)c(F)cc(F)c3F)cc2F)nc1N1CCC(CC(=O)N(C)C)CC1. The molecule has 51 heavy (non-hydrogen) atoms. The Kier molecular flexibility index (Phi) is 10.9. The van der Waals surface area contributed by atoms with Crippen LogP contribution in [-0.4, -0.2) is 73.7 Å². The van der Waals surface area contributed by atoms with Crippen molar-refractivity contribution in [3.63, 3.8) is 0 Å². The maximum atomic E-state index is 15.7. The lowest BCUT2D eigenvalue weighted by atomic mass is 9.93. The Morgan fingerprint density at radius 1 is 1.04 bits per heavy atom. The molecule has 1 aliphatic heterocycles. The van der Waals surface area contributed by atoms with E-state index in [1.54, 1.807) is 25.1 Å². The van der Waals surface area contributed by atoms with Gasteiger partial charge in [0, 0.05) is 51.4 Å². The molecule has 0 bridgehead atoms. The van der Waals surface area contributed by atoms with E-state index in [9.17, 15) is 30.8 Å². The van der Waals surface area contributed by atoms with E-state index in [1.165, 1.54) is 7.11 Å². The molecule has 274 valence electrons. The fourth-order valence-electron chi connectivity index (χ4n) is 5.69. The molecule has 0 saturated carbocycles. The zero-order valence-electron chi connectivity index (χ0n) is 28.6. The van der Waals surface area contributed by atoms with Crippen LogP contribution in [0.15, 0.2) is 45.3 Å². The molecule has 2 N–H and O–H groups in total. The van der Waals surface area contributed by atoms with Crippen molar-refractivity contribution in [3.05, 3.63) is 70.7 Å². The number of benzene rings is 2. The molecule has 3 heterocycles. The molecule has 1 aliphatic rings. The van der Waals surface area contributed by atoms with Crippen molar-refractivity contribution in [1.29, 1.82) is 0 Å². The summed E-state index contributed by atoms with van der Waals surface area (Å²) in [6, 6.07) is 4.51. The van der Waals surface area contributed by atoms with Gasteiger partial charge >= 0.3 is 0 Å². The number of hydrogen-bond donors (Lipinski definition) is 2. The first-order chi connectivity index (χ1) is 23.9. The van der Waals surface area contributed by atoms with Crippen LogP contribution in [0.2, 0.25) is 0 Å². The summed E-state index contributed by atoms with van der Waals surface area (Å²) in [5.74, 6) is -6.79. The van der Waals surface area contributed by atoms with Crippen LogP contribution in [0, 0.1) is 41.9 Å². The first-order valence-corrected chi connectivity index (χ1v) is 18.0. The van der Waals surface area contributed by atoms with Gasteiger partial charge in [0.05, 0.1) is 22.5 Å². The van der Waals surface area contributed by atoms with Crippen molar-refractivity contribution in [3.8, 4) is 5.75 Å². The van der Waals surface area contributed by atoms with Gasteiger partial charge in [0.15, 0.2) is 55.7 Å². The van der Waals surface area contributed by atoms with Gasteiger partial charge in [0.25, 0.3) is 0 Å². The zero-order valence-corrected chi connectivity index (χ0v) is 30.2. The van der Waals surface area contributed by atoms with Crippen molar-refractivity contribution < 1.29 is 39.9 Å². The normalized spacial score (nSPS) is 14.1. The number of ether oxygens (including phenoxy) is 1. The largest absolute Gasteiger partial charge is 0.490 e. The second-order valence-corrected chi connectivity index (χ2v) is 16.3. The van der Waals surface area contributed by atoms with Gasteiger partial charge in [-0.15, -0.1) is 0 Å². The topological polar surface area (TPSA) is 133 Å². The summed E-state index contributed by atoms with van der Waals surface area (Å²) in [7, 11) is 0.0509. The molecule has 1 fully saturated rings. The van der Waals surface area contributed by atoms with Crippen molar-refractivity contribution in [2.75, 3.05) is 44.5 Å². The summed E-state index contributed by atoms with van der Waals surface area (Å²) in [5.41, 5.74) is -0.582. The zero-order chi connectivity index (χ0) is 37.4. The van der Waals surface area contributed by atoms with Crippen molar-refractivity contribution in [1.82, 2.24) is 25.1 Å². The fraction of sp³-hybridized carbons (Fsp3) is 0.394. The van der Waals surface area contributed by atoms with E-state index in [-0.39, 0.29) is 33.8 Å². The average Bonchev–Trinajstić information content (AvgIpc) is 3.48. The molecule has 1 amide bonds. The lowest BCUT2D eigenvalue weighted by Gasteiger charge is -2.34. The quantitative estimate of drug-likeness (QED) is 0.0993. The Balaban J connectivity index is 1.48. The number of methoxy groups -OCH3 is 1. The Bertz CT molecular complexity index is 2040. The third-order valence-corrected chi connectivity index (χ3v) is 12.0. The number of aromatic amines is 1. The molecule has 5 rings (SSSR count). The van der Waals surface area contributed by atoms with Gasteiger partial charge in [0.2, 0.25) is 11.7 Å². The number of aromatic nitrogens is 4. The number of anilines is 3. The average molecular weight is 754 g/mol. The van der Waals surface area contributed by atoms with Gasteiger partial charge in [-0.1, -0.05) is 0 Å². The Hall–Kier alpha value is -4.45. The number of sulfone groups is 1. The maximum absolute atomic E-state index is 15.7. The van der Waals surface area contributed by atoms with E-state index in [2.05, 4.69) is 25.5 Å². The van der Waals surface area contributed by atoms with Gasteiger partial charge < -0.3 is 19.9 Å². The second-order valence-electron chi connectivity index (χ2n) is 12.7. The Labute approximate surface area is 295 Å². The maximum Gasteiger partial charge on any atom is 0.222 e. The van der Waals surface area contributed by atoms with Gasteiger partial charge in [-0.25, -0.2) is 40.3 Å². The van der Waals surface area contributed by atoms with Gasteiger partial charge in [-0.2, -0.15) is 5.10 Å². The standard InChI is InChI=1S/C33H36F5N7O4S2/c1-17-13-24(43-42-17)39-30-29(49-6)31(45-11-9-18(10-12-45)14-25(46)44(4)5)41-32(40-30)50-23-8-7-19(15-20(23)34)51(47,48)33(2,3)26-27(37)21(35)16-22(36)28(26)38/h7-8,13,15-16,18H,9-12,14H2,1-6H3,(H2,39,40,41,42,43). The molecule has 18 heteroatoms. The van der Waals surface area contributed by atoms with E-state index in [0.717, 1.165) is 43.4 Å². The first kappa shape index (κ1) is 37.8. The molecule has 1 saturated heterocycles. The van der Waals surface area contributed by atoms with Crippen molar-refractivity contribution >= 4 is 45.0 Å². The molecule has 11 nitrogen and oxygen atoms in total. The van der Waals surface area contributed by atoms with Gasteiger partial charge in [0.1, 0.15) is 10.6 Å². The van der Waals surface area contributed by atoms with Crippen LogP contribution in [0.25, 0.3) is 0 Å². The monoisotopic (exact) mass is 753 g/mol. The molecule has 2 aromatic carbocycles. The highest BCUT2D eigenvalue weighted by atomic mass is 32.2. The number of hydrogen-bond acceptors (Lipinski definition) is 10. The molecule has 0 aliphatic carbocycles.